The molecule has 0 unspecified atom stereocenters. The number of nitrogens with one attached hydrogen (secondary N) is 1. The zero-order valence-electron chi connectivity index (χ0n) is 8.30. The molecule has 0 spiro atoms. The molecule has 0 atom stereocenters. The van der Waals surface area contributed by atoms with E-state index >= 15 is 0 Å². The Morgan fingerprint density at radius 3 is 2.87 bits per heavy atom. The summed E-state index contributed by atoms with van der Waals surface area (Å²) in [6.07, 6.45) is 3.82. The van der Waals surface area contributed by atoms with Gasteiger partial charge in [-0.3, -0.25) is 0 Å². The van der Waals surface area contributed by atoms with Gasteiger partial charge in [0.25, 0.3) is 0 Å². The van der Waals surface area contributed by atoms with Gasteiger partial charge < -0.3 is 5.32 Å². The van der Waals surface area contributed by atoms with E-state index in [4.69, 9.17) is 5.53 Å². The molecule has 0 saturated carbocycles. The van der Waals surface area contributed by atoms with E-state index in [-0.39, 0.29) is 0 Å². The van der Waals surface area contributed by atoms with Gasteiger partial charge in [0.15, 0.2) is 0 Å². The van der Waals surface area contributed by atoms with Crippen LogP contribution in [-0.4, -0.2) is 23.6 Å². The highest BCUT2D eigenvalue weighted by Crippen LogP contribution is 1.97. The first-order valence-electron chi connectivity index (χ1n) is 4.36. The predicted molar refractivity (Wildman–Crippen MR) is 57.1 cm³/mol. The van der Waals surface area contributed by atoms with Gasteiger partial charge in [0.1, 0.15) is 0 Å². The van der Waals surface area contributed by atoms with Crippen molar-refractivity contribution < 1.29 is 0 Å². The molecule has 1 N–H and O–H groups in total. The molecule has 0 aliphatic carbocycles. The number of rotatable bonds is 3. The number of aromatic nitrogens is 2. The first-order valence-corrected chi connectivity index (χ1v) is 4.36. The summed E-state index contributed by atoms with van der Waals surface area (Å²) in [5.74, 6) is 6.29. The van der Waals surface area contributed by atoms with Crippen molar-refractivity contribution in [2.24, 2.45) is 5.11 Å². The van der Waals surface area contributed by atoms with Gasteiger partial charge in [-0.1, -0.05) is 17.0 Å². The molecule has 15 heavy (non-hydrogen) atoms. The lowest BCUT2D eigenvalue weighted by Crippen LogP contribution is -1.95. The molecule has 0 amide bonds. The fraction of sp³-hybridized carbons (Fsp3) is 0.333. The maximum absolute atomic E-state index is 8.02. The van der Waals surface area contributed by atoms with E-state index in [1.165, 1.54) is 0 Å². The standard InChI is InChI=1S/C9H10N6/c1-11-9-12-6-8(7-13-9)4-2-3-5-14-15-10/h6-7H,3,5H2,1H3,(H,11,12,13). The lowest BCUT2D eigenvalue weighted by molar-refractivity contribution is 1.01. The second kappa shape index (κ2) is 6.24. The predicted octanol–water partition coefficient (Wildman–Crippen LogP) is 1.57. The normalized spacial score (nSPS) is 8.33. The maximum Gasteiger partial charge on any atom is 0.222 e. The quantitative estimate of drug-likeness (QED) is 0.265. The molecule has 0 aliphatic heterocycles. The molecule has 0 radical (unpaired) electrons. The fourth-order valence-corrected chi connectivity index (χ4v) is 0.837. The summed E-state index contributed by atoms with van der Waals surface area (Å²) >= 11 is 0. The van der Waals surface area contributed by atoms with Crippen molar-refractivity contribution in [2.45, 2.75) is 6.42 Å². The summed E-state index contributed by atoms with van der Waals surface area (Å²) in [4.78, 5) is 10.6. The lowest BCUT2D eigenvalue weighted by atomic mass is 10.3. The molecule has 0 saturated heterocycles. The van der Waals surface area contributed by atoms with Gasteiger partial charge in [-0.2, -0.15) is 0 Å². The Morgan fingerprint density at radius 2 is 2.27 bits per heavy atom. The van der Waals surface area contributed by atoms with Crippen molar-refractivity contribution in [3.63, 3.8) is 0 Å². The number of nitrogens with zero attached hydrogens (tertiary/aromatic N) is 5. The van der Waals surface area contributed by atoms with Gasteiger partial charge >= 0.3 is 0 Å². The van der Waals surface area contributed by atoms with Crippen molar-refractivity contribution in [1.29, 1.82) is 0 Å². The van der Waals surface area contributed by atoms with Gasteiger partial charge in [-0.25, -0.2) is 9.97 Å². The summed E-state index contributed by atoms with van der Waals surface area (Å²) in [5.41, 5.74) is 8.77. The lowest BCUT2D eigenvalue weighted by Gasteiger charge is -1.95. The molecular weight excluding hydrogens is 192 g/mol. The average Bonchev–Trinajstić information content (AvgIpc) is 2.30. The number of anilines is 1. The summed E-state index contributed by atoms with van der Waals surface area (Å²) in [5, 5.41) is 6.18. The van der Waals surface area contributed by atoms with Crippen LogP contribution in [0.1, 0.15) is 12.0 Å². The molecule has 76 valence electrons. The Kier molecular flexibility index (Phi) is 4.51. The van der Waals surface area contributed by atoms with Crippen LogP contribution in [0.2, 0.25) is 0 Å². The van der Waals surface area contributed by atoms with Crippen LogP contribution in [0.4, 0.5) is 5.95 Å². The summed E-state index contributed by atoms with van der Waals surface area (Å²) in [7, 11) is 1.75. The highest BCUT2D eigenvalue weighted by atomic mass is 15.1. The van der Waals surface area contributed by atoms with Gasteiger partial charge in [0.2, 0.25) is 5.95 Å². The zero-order valence-corrected chi connectivity index (χ0v) is 8.30. The third-order valence-corrected chi connectivity index (χ3v) is 1.51. The van der Waals surface area contributed by atoms with Gasteiger partial charge in [0.05, 0.1) is 5.56 Å². The fourth-order valence-electron chi connectivity index (χ4n) is 0.837. The Bertz CT molecular complexity index is 406. The largest absolute Gasteiger partial charge is 0.357 e. The first-order chi connectivity index (χ1) is 7.36. The summed E-state index contributed by atoms with van der Waals surface area (Å²) in [6.45, 7) is 0.388. The third-order valence-electron chi connectivity index (χ3n) is 1.51. The minimum absolute atomic E-state index is 0.388. The van der Waals surface area contributed by atoms with Gasteiger partial charge in [-0.15, -0.1) is 0 Å². The smallest absolute Gasteiger partial charge is 0.222 e. The molecular formula is C9H10N6. The van der Waals surface area contributed by atoms with Crippen LogP contribution < -0.4 is 5.32 Å². The molecule has 1 rings (SSSR count). The van der Waals surface area contributed by atoms with Gasteiger partial charge in [0, 0.05) is 37.3 Å². The second-order valence-electron chi connectivity index (χ2n) is 2.55. The summed E-state index contributed by atoms with van der Waals surface area (Å²) in [6, 6.07) is 0. The molecule has 0 bridgehead atoms. The van der Waals surface area contributed by atoms with Crippen molar-refractivity contribution in [2.75, 3.05) is 18.9 Å². The minimum atomic E-state index is 0.388. The molecule has 0 aliphatic rings. The monoisotopic (exact) mass is 202 g/mol. The SMILES string of the molecule is CNc1ncc(C#CCCN=[N+]=[N-])cn1. The average molecular weight is 202 g/mol. The molecule has 0 fully saturated rings. The summed E-state index contributed by atoms with van der Waals surface area (Å²) < 4.78 is 0. The molecule has 1 heterocycles. The zero-order chi connectivity index (χ0) is 10.9. The van der Waals surface area contributed by atoms with E-state index < -0.39 is 0 Å². The van der Waals surface area contributed by atoms with Crippen LogP contribution in [0, 0.1) is 11.8 Å². The molecule has 6 heteroatoms. The third kappa shape index (κ3) is 3.98. The Balaban J connectivity index is 2.52. The van der Waals surface area contributed by atoms with Crippen LogP contribution in [0.3, 0.4) is 0 Å². The van der Waals surface area contributed by atoms with Crippen molar-refractivity contribution in [3.05, 3.63) is 28.4 Å². The van der Waals surface area contributed by atoms with Crippen molar-refractivity contribution in [1.82, 2.24) is 9.97 Å². The Labute approximate surface area is 87.4 Å². The van der Waals surface area contributed by atoms with E-state index in [0.717, 1.165) is 5.56 Å². The van der Waals surface area contributed by atoms with Crippen LogP contribution in [0.25, 0.3) is 10.4 Å². The van der Waals surface area contributed by atoms with Crippen molar-refractivity contribution in [3.8, 4) is 11.8 Å². The van der Waals surface area contributed by atoms with E-state index in [1.807, 2.05) is 0 Å². The number of hydrogen-bond donors (Lipinski definition) is 1. The first kappa shape index (κ1) is 10.8. The number of hydrogen-bond acceptors (Lipinski definition) is 4. The van der Waals surface area contributed by atoms with E-state index in [9.17, 15) is 0 Å². The topological polar surface area (TPSA) is 86.6 Å². The van der Waals surface area contributed by atoms with E-state index in [2.05, 4.69) is 37.2 Å². The second-order valence-corrected chi connectivity index (χ2v) is 2.55. The van der Waals surface area contributed by atoms with E-state index in [1.54, 1.807) is 19.4 Å². The Hall–Kier alpha value is -2.25. The van der Waals surface area contributed by atoms with Crippen LogP contribution in [-0.2, 0) is 0 Å². The number of azide groups is 1. The van der Waals surface area contributed by atoms with E-state index in [0.29, 0.717) is 18.9 Å². The van der Waals surface area contributed by atoms with Crippen LogP contribution >= 0.6 is 0 Å². The van der Waals surface area contributed by atoms with Crippen molar-refractivity contribution >= 4 is 5.95 Å². The molecule has 6 nitrogen and oxygen atoms in total. The minimum Gasteiger partial charge on any atom is -0.357 e. The molecule has 0 aromatic carbocycles. The highest BCUT2D eigenvalue weighted by Gasteiger charge is 1.90. The Morgan fingerprint density at radius 1 is 1.53 bits per heavy atom. The molecule has 1 aromatic heterocycles. The highest BCUT2D eigenvalue weighted by molar-refractivity contribution is 5.33. The molecule has 1 aromatic rings. The maximum atomic E-state index is 8.02. The van der Waals surface area contributed by atoms with Gasteiger partial charge in [-0.05, 0) is 5.53 Å². The van der Waals surface area contributed by atoms with Crippen LogP contribution in [0.5, 0.6) is 0 Å². The van der Waals surface area contributed by atoms with Crippen LogP contribution in [0.15, 0.2) is 17.5 Å².